The molecule has 0 rings (SSSR count). The molecule has 0 spiro atoms. The molecule has 0 aromatic carbocycles. The van der Waals surface area contributed by atoms with Crippen molar-refractivity contribution in [3.05, 3.63) is 0 Å². The summed E-state index contributed by atoms with van der Waals surface area (Å²) >= 11 is 0. The zero-order valence-corrected chi connectivity index (χ0v) is 4.34. The van der Waals surface area contributed by atoms with Crippen molar-refractivity contribution in [2.75, 3.05) is 14.1 Å². The number of nitrogens with zero attached hydrogens (tertiary/aromatic N) is 1. The van der Waals surface area contributed by atoms with Crippen LogP contribution in [0.3, 0.4) is 0 Å². The van der Waals surface area contributed by atoms with Crippen LogP contribution in [-0.2, 0) is 9.63 Å². The Morgan fingerprint density at radius 1 is 1.86 bits per heavy atom. The van der Waals surface area contributed by atoms with Crippen molar-refractivity contribution in [2.45, 2.75) is 0 Å². The number of hydrogen-bond acceptors (Lipinski definition) is 4. The van der Waals surface area contributed by atoms with E-state index in [1.165, 1.54) is 5.17 Å². The van der Waals surface area contributed by atoms with Crippen LogP contribution < -0.4 is 5.43 Å². The maximum absolute atomic E-state index is 9.47. The third kappa shape index (κ3) is 3.21. The van der Waals surface area contributed by atoms with Gasteiger partial charge in [0.15, 0.2) is 0 Å². The Balaban J connectivity index is 2.98. The van der Waals surface area contributed by atoms with Crippen LogP contribution in [0, 0.1) is 0 Å². The molecule has 1 N–H and O–H groups in total. The maximum Gasteiger partial charge on any atom is 0.314 e. The molecule has 0 saturated carbocycles. The zero-order chi connectivity index (χ0) is 5.70. The molecule has 0 amide bonds. The number of hydrazine groups is 1. The van der Waals surface area contributed by atoms with Gasteiger partial charge in [-0.15, -0.1) is 0 Å². The molecule has 4 heteroatoms. The Morgan fingerprint density at radius 2 is 2.43 bits per heavy atom. The summed E-state index contributed by atoms with van der Waals surface area (Å²) in [6, 6.07) is 0. The Hall–Kier alpha value is -0.610. The Kier molecular flexibility index (Phi) is 3.26. The molecule has 0 aliphatic heterocycles. The Bertz CT molecular complexity index is 56.9. The normalized spacial score (nSPS) is 9.00. The zero-order valence-electron chi connectivity index (χ0n) is 4.34. The molecule has 0 fully saturated rings. The fraction of sp³-hybridized carbons (Fsp3) is 0.667. The lowest BCUT2D eigenvalue weighted by Crippen LogP contribution is -2.30. The van der Waals surface area contributed by atoms with Gasteiger partial charge in [0.1, 0.15) is 0 Å². The van der Waals surface area contributed by atoms with Crippen molar-refractivity contribution < 1.29 is 9.63 Å². The number of hydrogen-bond donors (Lipinski definition) is 1. The third-order valence-electron chi connectivity index (χ3n) is 0.516. The van der Waals surface area contributed by atoms with Crippen molar-refractivity contribution in [2.24, 2.45) is 0 Å². The predicted octanol–water partition coefficient (Wildman–Crippen LogP) is -0.859. The van der Waals surface area contributed by atoms with Gasteiger partial charge in [-0.25, -0.2) is 5.43 Å². The molecular weight excluding hydrogens is 96.0 g/mol. The second-order valence-electron chi connectivity index (χ2n) is 0.923. The summed E-state index contributed by atoms with van der Waals surface area (Å²) in [5, 5.41) is 1.19. The lowest BCUT2D eigenvalue weighted by molar-refractivity contribution is -0.178. The van der Waals surface area contributed by atoms with Gasteiger partial charge < -0.3 is 4.84 Å². The predicted molar refractivity (Wildman–Crippen MR) is 24.0 cm³/mol. The van der Waals surface area contributed by atoms with Crippen LogP contribution in [-0.4, -0.2) is 25.7 Å². The summed E-state index contributed by atoms with van der Waals surface area (Å²) < 4.78 is 0. The highest BCUT2D eigenvalue weighted by Gasteiger charge is 1.84. The quantitative estimate of drug-likeness (QED) is 0.373. The van der Waals surface area contributed by atoms with Gasteiger partial charge in [0.25, 0.3) is 0 Å². The molecule has 7 heavy (non-hydrogen) atoms. The van der Waals surface area contributed by atoms with E-state index in [2.05, 4.69) is 10.3 Å². The highest BCUT2D eigenvalue weighted by molar-refractivity contribution is 5.36. The van der Waals surface area contributed by atoms with E-state index in [4.69, 9.17) is 0 Å². The molecule has 0 aliphatic rings. The average molecular weight is 104 g/mol. The molecule has 42 valence electrons. The summed E-state index contributed by atoms with van der Waals surface area (Å²) in [4.78, 5) is 13.7. The first-order chi connectivity index (χ1) is 3.31. The molecule has 0 aliphatic carbocycles. The highest BCUT2D eigenvalue weighted by Crippen LogP contribution is 1.66. The minimum atomic E-state index is 0.344. The fourth-order valence-electron chi connectivity index (χ4n) is 0.117. The van der Waals surface area contributed by atoms with E-state index in [9.17, 15) is 4.79 Å². The number of nitrogens with one attached hydrogen (secondary N) is 1. The van der Waals surface area contributed by atoms with E-state index in [0.29, 0.717) is 6.47 Å². The fourth-order valence-corrected chi connectivity index (χ4v) is 0.117. The molecule has 0 unspecified atom stereocenters. The largest absolute Gasteiger partial charge is 0.356 e. The molecule has 0 radical (unpaired) electrons. The second kappa shape index (κ2) is 3.58. The van der Waals surface area contributed by atoms with E-state index >= 15 is 0 Å². The van der Waals surface area contributed by atoms with Crippen LogP contribution in [0.15, 0.2) is 0 Å². The molecule has 4 nitrogen and oxygen atoms in total. The summed E-state index contributed by atoms with van der Waals surface area (Å²) in [6.45, 7) is 0.344. The average Bonchev–Trinajstić information content (AvgIpc) is 1.68. The smallest absolute Gasteiger partial charge is 0.314 e. The van der Waals surface area contributed by atoms with Crippen molar-refractivity contribution in [3.8, 4) is 0 Å². The molecule has 0 aromatic heterocycles. The summed E-state index contributed by atoms with van der Waals surface area (Å²) in [6.07, 6.45) is 0. The topological polar surface area (TPSA) is 41.6 Å². The molecule has 0 saturated heterocycles. The van der Waals surface area contributed by atoms with Gasteiger partial charge in [-0.3, -0.25) is 4.79 Å². The minimum Gasteiger partial charge on any atom is -0.356 e. The monoisotopic (exact) mass is 104 g/mol. The summed E-state index contributed by atoms with van der Waals surface area (Å²) in [7, 11) is 3.22. The molecule has 0 bridgehead atoms. The number of rotatable bonds is 3. The number of carbonyl (C=O) groups excluding carboxylic acids is 1. The molecular formula is C3H8N2O2. The van der Waals surface area contributed by atoms with Gasteiger partial charge in [0.2, 0.25) is 0 Å². The van der Waals surface area contributed by atoms with Crippen LogP contribution in [0.4, 0.5) is 0 Å². The van der Waals surface area contributed by atoms with Gasteiger partial charge in [-0.1, -0.05) is 5.17 Å². The van der Waals surface area contributed by atoms with E-state index in [-0.39, 0.29) is 0 Å². The van der Waals surface area contributed by atoms with Gasteiger partial charge in [0, 0.05) is 14.1 Å². The highest BCUT2D eigenvalue weighted by atomic mass is 16.7. The third-order valence-corrected chi connectivity index (χ3v) is 0.516. The first-order valence-corrected chi connectivity index (χ1v) is 1.82. The van der Waals surface area contributed by atoms with Crippen molar-refractivity contribution >= 4 is 6.47 Å². The van der Waals surface area contributed by atoms with E-state index in [1.54, 1.807) is 14.1 Å². The summed E-state index contributed by atoms with van der Waals surface area (Å²) in [5.74, 6) is 0. The standard InChI is InChI=1S/C3H8N2O2/c1-4-5(2)7-3-6/h3-4H,1-2H3. The Labute approximate surface area is 42.0 Å². The number of hydroxylamine groups is 1. The van der Waals surface area contributed by atoms with Crippen LogP contribution in [0.5, 0.6) is 0 Å². The Morgan fingerprint density at radius 3 is 2.57 bits per heavy atom. The lowest BCUT2D eigenvalue weighted by Gasteiger charge is -2.08. The van der Waals surface area contributed by atoms with Gasteiger partial charge >= 0.3 is 6.47 Å². The maximum atomic E-state index is 9.47. The van der Waals surface area contributed by atoms with Crippen LogP contribution in [0.25, 0.3) is 0 Å². The van der Waals surface area contributed by atoms with Gasteiger partial charge in [-0.05, 0) is 0 Å². The van der Waals surface area contributed by atoms with E-state index in [1.807, 2.05) is 0 Å². The molecule has 0 atom stereocenters. The van der Waals surface area contributed by atoms with Crippen LogP contribution in [0.2, 0.25) is 0 Å². The van der Waals surface area contributed by atoms with Gasteiger partial charge in [0.05, 0.1) is 0 Å². The number of carbonyl (C=O) groups is 1. The van der Waals surface area contributed by atoms with Crippen molar-refractivity contribution in [1.82, 2.24) is 10.6 Å². The van der Waals surface area contributed by atoms with Crippen molar-refractivity contribution in [1.29, 1.82) is 0 Å². The molecule has 0 aromatic rings. The first-order valence-electron chi connectivity index (χ1n) is 1.82. The van der Waals surface area contributed by atoms with Gasteiger partial charge in [-0.2, -0.15) is 0 Å². The van der Waals surface area contributed by atoms with Crippen LogP contribution in [0.1, 0.15) is 0 Å². The molecule has 0 heterocycles. The van der Waals surface area contributed by atoms with E-state index in [0.717, 1.165) is 0 Å². The lowest BCUT2D eigenvalue weighted by atomic mass is 11.3. The SMILES string of the molecule is CNN(C)OC=O. The summed E-state index contributed by atoms with van der Waals surface area (Å²) in [5.41, 5.74) is 2.55. The minimum absolute atomic E-state index is 0.344. The first kappa shape index (κ1) is 6.39. The van der Waals surface area contributed by atoms with Crippen molar-refractivity contribution in [3.63, 3.8) is 0 Å². The van der Waals surface area contributed by atoms with E-state index < -0.39 is 0 Å². The second-order valence-corrected chi connectivity index (χ2v) is 0.923. The van der Waals surface area contributed by atoms with Crippen LogP contribution >= 0.6 is 0 Å².